The Kier molecular flexibility index (Phi) is 4.51. The zero-order valence-electron chi connectivity index (χ0n) is 11.5. The normalized spacial score (nSPS) is 10.0. The lowest BCUT2D eigenvalue weighted by Crippen LogP contribution is -2.26. The molecule has 0 bridgehead atoms. The molecule has 0 fully saturated rings. The first kappa shape index (κ1) is 13.8. The van der Waals surface area contributed by atoms with Crippen LogP contribution in [0.3, 0.4) is 0 Å². The minimum Gasteiger partial charge on any atom is -0.396 e. The van der Waals surface area contributed by atoms with Crippen LogP contribution in [-0.4, -0.2) is 16.5 Å². The second kappa shape index (κ2) is 6.53. The standard InChI is InChI=1S/C15H17N5/c1-12-5-8-19-15(14(12)17)20(9-3-6-16)11-13-4-2-7-18-10-13/h2,4-5,7-8,10H,3,9,11,17H2,1H3. The van der Waals surface area contributed by atoms with Crippen molar-refractivity contribution in [3.63, 3.8) is 0 Å². The fourth-order valence-electron chi connectivity index (χ4n) is 1.96. The summed E-state index contributed by atoms with van der Waals surface area (Å²) >= 11 is 0. The Morgan fingerprint density at radius 3 is 2.90 bits per heavy atom. The molecule has 0 radical (unpaired) electrons. The topological polar surface area (TPSA) is 78.8 Å². The Morgan fingerprint density at radius 1 is 1.35 bits per heavy atom. The molecule has 5 nitrogen and oxygen atoms in total. The summed E-state index contributed by atoms with van der Waals surface area (Å²) in [7, 11) is 0. The number of nitrogens with zero attached hydrogens (tertiary/aromatic N) is 4. The molecule has 102 valence electrons. The number of pyridine rings is 2. The van der Waals surface area contributed by atoms with Gasteiger partial charge in [0.25, 0.3) is 0 Å². The Morgan fingerprint density at radius 2 is 2.20 bits per heavy atom. The largest absolute Gasteiger partial charge is 0.396 e. The third-order valence-corrected chi connectivity index (χ3v) is 3.08. The van der Waals surface area contributed by atoms with Gasteiger partial charge in [0.2, 0.25) is 0 Å². The molecule has 2 heterocycles. The van der Waals surface area contributed by atoms with Crippen molar-refractivity contribution in [2.75, 3.05) is 17.2 Å². The number of hydrogen-bond donors (Lipinski definition) is 1. The molecule has 2 aromatic heterocycles. The average molecular weight is 267 g/mol. The van der Waals surface area contributed by atoms with E-state index in [9.17, 15) is 0 Å². The first-order valence-electron chi connectivity index (χ1n) is 6.44. The summed E-state index contributed by atoms with van der Waals surface area (Å²) < 4.78 is 0. The number of rotatable bonds is 5. The van der Waals surface area contributed by atoms with Crippen LogP contribution in [0.4, 0.5) is 11.5 Å². The van der Waals surface area contributed by atoms with Crippen LogP contribution in [-0.2, 0) is 6.54 Å². The molecular weight excluding hydrogens is 250 g/mol. The van der Waals surface area contributed by atoms with Gasteiger partial charge in [-0.15, -0.1) is 0 Å². The van der Waals surface area contributed by atoms with Crippen molar-refractivity contribution in [3.8, 4) is 6.07 Å². The summed E-state index contributed by atoms with van der Waals surface area (Å²) in [6.45, 7) is 3.18. The third-order valence-electron chi connectivity index (χ3n) is 3.08. The molecule has 0 saturated heterocycles. The molecule has 0 atom stereocenters. The highest BCUT2D eigenvalue weighted by Gasteiger charge is 2.13. The Labute approximate surface area is 118 Å². The summed E-state index contributed by atoms with van der Waals surface area (Å²) in [6.07, 6.45) is 5.72. The minimum atomic E-state index is 0.426. The van der Waals surface area contributed by atoms with Crippen LogP contribution in [0.15, 0.2) is 36.8 Å². The maximum absolute atomic E-state index is 8.81. The molecule has 0 spiro atoms. The van der Waals surface area contributed by atoms with Gasteiger partial charge in [0, 0.05) is 31.7 Å². The quantitative estimate of drug-likeness (QED) is 0.899. The van der Waals surface area contributed by atoms with Crippen molar-refractivity contribution in [3.05, 3.63) is 47.9 Å². The van der Waals surface area contributed by atoms with Gasteiger partial charge in [-0.05, 0) is 30.2 Å². The van der Waals surface area contributed by atoms with Crippen LogP contribution in [0.1, 0.15) is 17.5 Å². The predicted molar refractivity (Wildman–Crippen MR) is 78.9 cm³/mol. The van der Waals surface area contributed by atoms with Crippen LogP contribution in [0.2, 0.25) is 0 Å². The summed E-state index contributed by atoms with van der Waals surface area (Å²) in [5.41, 5.74) is 8.82. The highest BCUT2D eigenvalue weighted by atomic mass is 15.2. The fourth-order valence-corrected chi connectivity index (χ4v) is 1.96. The van der Waals surface area contributed by atoms with Crippen molar-refractivity contribution in [1.82, 2.24) is 9.97 Å². The molecule has 0 aliphatic heterocycles. The molecule has 0 aliphatic rings. The van der Waals surface area contributed by atoms with Crippen molar-refractivity contribution >= 4 is 11.5 Å². The minimum absolute atomic E-state index is 0.426. The number of nitrogens with two attached hydrogens (primary N) is 1. The highest BCUT2D eigenvalue weighted by molar-refractivity contribution is 5.66. The molecule has 0 aromatic carbocycles. The molecule has 0 aliphatic carbocycles. The fraction of sp³-hybridized carbons (Fsp3) is 0.267. The highest BCUT2D eigenvalue weighted by Crippen LogP contribution is 2.24. The number of nitrogen functional groups attached to an aromatic ring is 1. The molecule has 5 heteroatoms. The predicted octanol–water partition coefficient (Wildman–Crippen LogP) is 2.29. The molecule has 2 aromatic rings. The Bertz CT molecular complexity index is 603. The van der Waals surface area contributed by atoms with E-state index in [2.05, 4.69) is 16.0 Å². The second-order valence-electron chi connectivity index (χ2n) is 4.56. The number of aromatic nitrogens is 2. The second-order valence-corrected chi connectivity index (χ2v) is 4.56. The van der Waals surface area contributed by atoms with E-state index >= 15 is 0 Å². The molecule has 0 saturated carbocycles. The smallest absolute Gasteiger partial charge is 0.152 e. The monoisotopic (exact) mass is 267 g/mol. The lowest BCUT2D eigenvalue weighted by Gasteiger charge is -2.24. The average Bonchev–Trinajstić information content (AvgIpc) is 2.48. The van der Waals surface area contributed by atoms with Gasteiger partial charge in [-0.1, -0.05) is 6.07 Å². The van der Waals surface area contributed by atoms with E-state index in [0.29, 0.717) is 25.2 Å². The maximum atomic E-state index is 8.81. The van der Waals surface area contributed by atoms with Crippen LogP contribution in [0.25, 0.3) is 0 Å². The summed E-state index contributed by atoms with van der Waals surface area (Å²) in [5.74, 6) is 0.726. The van der Waals surface area contributed by atoms with Crippen LogP contribution in [0, 0.1) is 18.3 Å². The maximum Gasteiger partial charge on any atom is 0.152 e. The Hall–Kier alpha value is -2.61. The first-order chi connectivity index (χ1) is 9.72. The van der Waals surface area contributed by atoms with Crippen molar-refractivity contribution < 1.29 is 0 Å². The molecule has 2 rings (SSSR count). The van der Waals surface area contributed by atoms with E-state index in [1.807, 2.05) is 36.2 Å². The van der Waals surface area contributed by atoms with E-state index in [4.69, 9.17) is 11.0 Å². The van der Waals surface area contributed by atoms with Gasteiger partial charge in [-0.2, -0.15) is 5.26 Å². The van der Waals surface area contributed by atoms with Crippen LogP contribution >= 0.6 is 0 Å². The van der Waals surface area contributed by atoms with Gasteiger partial charge in [-0.25, -0.2) is 4.98 Å². The zero-order valence-corrected chi connectivity index (χ0v) is 11.5. The van der Waals surface area contributed by atoms with Crippen LogP contribution in [0.5, 0.6) is 0 Å². The lowest BCUT2D eigenvalue weighted by molar-refractivity contribution is 0.781. The molecule has 2 N–H and O–H groups in total. The molecule has 0 unspecified atom stereocenters. The number of hydrogen-bond acceptors (Lipinski definition) is 5. The molecular formula is C15H17N5. The van der Waals surface area contributed by atoms with Crippen LogP contribution < -0.4 is 10.6 Å². The van der Waals surface area contributed by atoms with E-state index < -0.39 is 0 Å². The third kappa shape index (κ3) is 3.23. The van der Waals surface area contributed by atoms with Gasteiger partial charge in [0.15, 0.2) is 5.82 Å². The van der Waals surface area contributed by atoms with Gasteiger partial charge >= 0.3 is 0 Å². The van der Waals surface area contributed by atoms with Crippen molar-refractivity contribution in [1.29, 1.82) is 5.26 Å². The van der Waals surface area contributed by atoms with Gasteiger partial charge in [0.05, 0.1) is 18.2 Å². The molecule has 20 heavy (non-hydrogen) atoms. The van der Waals surface area contributed by atoms with Gasteiger partial charge in [-0.3, -0.25) is 4.98 Å². The van der Waals surface area contributed by atoms with Gasteiger partial charge < -0.3 is 10.6 Å². The Balaban J connectivity index is 2.28. The summed E-state index contributed by atoms with van der Waals surface area (Å²) in [6, 6.07) is 7.93. The van der Waals surface area contributed by atoms with E-state index in [1.165, 1.54) is 0 Å². The van der Waals surface area contributed by atoms with E-state index in [0.717, 1.165) is 16.9 Å². The lowest BCUT2D eigenvalue weighted by atomic mass is 10.2. The van der Waals surface area contributed by atoms with E-state index in [-0.39, 0.29) is 0 Å². The number of aryl methyl sites for hydroxylation is 1. The van der Waals surface area contributed by atoms with Crippen molar-refractivity contribution in [2.24, 2.45) is 0 Å². The van der Waals surface area contributed by atoms with E-state index in [1.54, 1.807) is 12.4 Å². The van der Waals surface area contributed by atoms with Gasteiger partial charge in [0.1, 0.15) is 0 Å². The number of nitriles is 1. The zero-order chi connectivity index (χ0) is 14.4. The molecule has 0 amide bonds. The summed E-state index contributed by atoms with van der Waals surface area (Å²) in [5, 5.41) is 8.81. The first-order valence-corrected chi connectivity index (χ1v) is 6.44. The summed E-state index contributed by atoms with van der Waals surface area (Å²) in [4.78, 5) is 10.5. The SMILES string of the molecule is Cc1ccnc(N(CCC#N)Cc2cccnc2)c1N. The number of anilines is 2. The van der Waals surface area contributed by atoms with Crippen molar-refractivity contribution in [2.45, 2.75) is 19.9 Å².